The van der Waals surface area contributed by atoms with Crippen LogP contribution in [0.3, 0.4) is 0 Å². The summed E-state index contributed by atoms with van der Waals surface area (Å²) in [7, 11) is 1.29. The molecule has 4 rings (SSSR count). The quantitative estimate of drug-likeness (QED) is 0.578. The van der Waals surface area contributed by atoms with Crippen molar-refractivity contribution < 1.29 is 24.2 Å². The number of carbonyl (C=O) groups excluding carboxylic acids is 3. The second kappa shape index (κ2) is 8.42. The van der Waals surface area contributed by atoms with Crippen molar-refractivity contribution in [3.63, 3.8) is 0 Å². The number of halogens is 1. The van der Waals surface area contributed by atoms with Gasteiger partial charge in [-0.2, -0.15) is 0 Å². The smallest absolute Gasteiger partial charge is 0.337 e. The fourth-order valence-electron chi connectivity index (χ4n) is 4.29. The number of carbonyl (C=O) groups is 3. The number of hydrogen-bond donors (Lipinski definition) is 1. The number of benzene rings is 2. The standard InChI is InChI=1S/C23H23ClN2O5/c1-31-22(29)15-2-8-18(9-3-15)26-20(27)14-19(21(26)28)25-12-10-23(30,11-13-25)16-4-6-17(24)7-5-16/h2-9,19,30H,10-14H2,1H3/t19-/m1/s1. The molecule has 2 amide bonds. The Morgan fingerprint density at radius 3 is 2.26 bits per heavy atom. The molecule has 2 aliphatic heterocycles. The fraction of sp³-hybridized carbons (Fsp3) is 0.348. The summed E-state index contributed by atoms with van der Waals surface area (Å²) in [6.45, 7) is 0.996. The van der Waals surface area contributed by atoms with Gasteiger partial charge in [-0.05, 0) is 54.8 Å². The Bertz CT molecular complexity index is 998. The Morgan fingerprint density at radius 2 is 1.68 bits per heavy atom. The maximum absolute atomic E-state index is 13.1. The van der Waals surface area contributed by atoms with Crippen molar-refractivity contribution >= 4 is 35.1 Å². The van der Waals surface area contributed by atoms with Crippen LogP contribution in [0, 0.1) is 0 Å². The van der Waals surface area contributed by atoms with Crippen LogP contribution in [0.4, 0.5) is 5.69 Å². The minimum Gasteiger partial charge on any atom is -0.465 e. The van der Waals surface area contributed by atoms with Crippen LogP contribution in [0.1, 0.15) is 35.2 Å². The molecular weight excluding hydrogens is 420 g/mol. The van der Waals surface area contributed by atoms with E-state index in [1.165, 1.54) is 24.1 Å². The van der Waals surface area contributed by atoms with Gasteiger partial charge in [0.25, 0.3) is 5.91 Å². The number of piperidine rings is 1. The van der Waals surface area contributed by atoms with E-state index in [1.54, 1.807) is 24.3 Å². The molecule has 0 spiro atoms. The highest BCUT2D eigenvalue weighted by atomic mass is 35.5. The first-order valence-corrected chi connectivity index (χ1v) is 10.5. The van der Waals surface area contributed by atoms with Crippen LogP contribution in [-0.2, 0) is 19.9 Å². The highest BCUT2D eigenvalue weighted by Crippen LogP contribution is 2.36. The van der Waals surface area contributed by atoms with Gasteiger partial charge in [0.2, 0.25) is 5.91 Å². The van der Waals surface area contributed by atoms with Crippen molar-refractivity contribution in [1.29, 1.82) is 0 Å². The van der Waals surface area contributed by atoms with Crippen molar-refractivity contribution in [3.05, 3.63) is 64.7 Å². The summed E-state index contributed by atoms with van der Waals surface area (Å²) in [4.78, 5) is 40.4. The molecule has 2 saturated heterocycles. The molecule has 0 aliphatic carbocycles. The van der Waals surface area contributed by atoms with Crippen LogP contribution in [-0.4, -0.2) is 54.0 Å². The summed E-state index contributed by atoms with van der Waals surface area (Å²) in [6.07, 6.45) is 1.01. The first-order valence-electron chi connectivity index (χ1n) is 10.1. The van der Waals surface area contributed by atoms with Gasteiger partial charge in [-0.25, -0.2) is 9.69 Å². The number of likely N-dealkylation sites (tertiary alicyclic amines) is 1. The summed E-state index contributed by atoms with van der Waals surface area (Å²) in [6, 6.07) is 12.8. The van der Waals surface area contributed by atoms with E-state index in [-0.39, 0.29) is 18.2 Å². The lowest BCUT2D eigenvalue weighted by atomic mass is 9.84. The SMILES string of the molecule is COC(=O)c1ccc(N2C(=O)C[C@@H](N3CCC(O)(c4ccc(Cl)cc4)CC3)C2=O)cc1. The highest BCUT2D eigenvalue weighted by molar-refractivity contribution is 6.30. The average molecular weight is 443 g/mol. The van der Waals surface area contributed by atoms with E-state index in [0.29, 0.717) is 42.2 Å². The molecule has 7 nitrogen and oxygen atoms in total. The molecule has 0 radical (unpaired) electrons. The van der Waals surface area contributed by atoms with Crippen LogP contribution in [0.5, 0.6) is 0 Å². The Morgan fingerprint density at radius 1 is 1.06 bits per heavy atom. The summed E-state index contributed by atoms with van der Waals surface area (Å²) < 4.78 is 4.67. The van der Waals surface area contributed by atoms with E-state index in [9.17, 15) is 19.5 Å². The monoisotopic (exact) mass is 442 g/mol. The van der Waals surface area contributed by atoms with Gasteiger partial charge in [-0.3, -0.25) is 14.5 Å². The topological polar surface area (TPSA) is 87.2 Å². The first kappa shape index (κ1) is 21.5. The minimum atomic E-state index is -0.976. The number of anilines is 1. The average Bonchev–Trinajstić information content (AvgIpc) is 3.08. The zero-order chi connectivity index (χ0) is 22.2. The number of nitrogens with zero attached hydrogens (tertiary/aromatic N) is 2. The highest BCUT2D eigenvalue weighted by Gasteiger charge is 2.45. The summed E-state index contributed by atoms with van der Waals surface area (Å²) >= 11 is 5.94. The van der Waals surface area contributed by atoms with Crippen molar-refractivity contribution in [2.24, 2.45) is 0 Å². The normalized spacial score (nSPS) is 21.4. The molecule has 31 heavy (non-hydrogen) atoms. The molecule has 0 aromatic heterocycles. The maximum atomic E-state index is 13.1. The number of rotatable bonds is 4. The molecule has 0 saturated carbocycles. The molecule has 2 aromatic carbocycles. The van der Waals surface area contributed by atoms with Gasteiger partial charge in [0.1, 0.15) is 0 Å². The zero-order valence-electron chi connectivity index (χ0n) is 17.1. The molecule has 1 N–H and O–H groups in total. The van der Waals surface area contributed by atoms with Crippen LogP contribution in [0.15, 0.2) is 48.5 Å². The first-order chi connectivity index (χ1) is 14.8. The lowest BCUT2D eigenvalue weighted by molar-refractivity contribution is -0.124. The number of ether oxygens (including phenoxy) is 1. The number of esters is 1. The molecule has 2 aliphatic rings. The third kappa shape index (κ3) is 4.08. The van der Waals surface area contributed by atoms with E-state index in [4.69, 9.17) is 11.6 Å². The van der Waals surface area contributed by atoms with Crippen LogP contribution < -0.4 is 4.90 Å². The van der Waals surface area contributed by atoms with Crippen molar-refractivity contribution in [3.8, 4) is 0 Å². The van der Waals surface area contributed by atoms with Crippen LogP contribution >= 0.6 is 11.6 Å². The second-order valence-electron chi connectivity index (χ2n) is 7.90. The molecular formula is C23H23ClN2O5. The Kier molecular flexibility index (Phi) is 5.83. The van der Waals surface area contributed by atoms with E-state index in [2.05, 4.69) is 4.74 Å². The third-order valence-corrected chi connectivity index (χ3v) is 6.37. The summed E-state index contributed by atoms with van der Waals surface area (Å²) in [5.74, 6) is -1.04. The zero-order valence-corrected chi connectivity index (χ0v) is 17.8. The minimum absolute atomic E-state index is 0.0942. The predicted octanol–water partition coefficient (Wildman–Crippen LogP) is 2.74. The molecule has 2 heterocycles. The van der Waals surface area contributed by atoms with Crippen LogP contribution in [0.25, 0.3) is 0 Å². The van der Waals surface area contributed by atoms with Crippen molar-refractivity contribution in [2.75, 3.05) is 25.1 Å². The predicted molar refractivity (Wildman–Crippen MR) is 115 cm³/mol. The number of hydrogen-bond acceptors (Lipinski definition) is 6. The molecule has 8 heteroatoms. The maximum Gasteiger partial charge on any atom is 0.337 e. The Hall–Kier alpha value is -2.74. The van der Waals surface area contributed by atoms with Crippen molar-refractivity contribution in [2.45, 2.75) is 30.9 Å². The number of aliphatic hydroxyl groups is 1. The van der Waals surface area contributed by atoms with E-state index in [0.717, 1.165) is 5.56 Å². The van der Waals surface area contributed by atoms with Gasteiger partial charge < -0.3 is 9.84 Å². The number of amides is 2. The molecule has 2 fully saturated rings. The Labute approximate surface area is 185 Å². The number of imide groups is 1. The van der Waals surface area contributed by atoms with E-state index in [1.807, 2.05) is 17.0 Å². The molecule has 0 unspecified atom stereocenters. The van der Waals surface area contributed by atoms with Gasteiger partial charge in [0.15, 0.2) is 0 Å². The third-order valence-electron chi connectivity index (χ3n) is 6.12. The van der Waals surface area contributed by atoms with Gasteiger partial charge in [0, 0.05) is 18.1 Å². The second-order valence-corrected chi connectivity index (χ2v) is 8.34. The Balaban J connectivity index is 1.45. The van der Waals surface area contributed by atoms with Gasteiger partial charge >= 0.3 is 5.97 Å². The van der Waals surface area contributed by atoms with E-state index < -0.39 is 17.6 Å². The summed E-state index contributed by atoms with van der Waals surface area (Å²) in [5.41, 5.74) is 0.604. The lowest BCUT2D eigenvalue weighted by Crippen LogP contribution is -2.49. The lowest BCUT2D eigenvalue weighted by Gasteiger charge is -2.40. The van der Waals surface area contributed by atoms with Gasteiger partial charge in [-0.15, -0.1) is 0 Å². The largest absolute Gasteiger partial charge is 0.465 e. The van der Waals surface area contributed by atoms with Crippen LogP contribution in [0.2, 0.25) is 5.02 Å². The van der Waals surface area contributed by atoms with Gasteiger partial charge in [-0.1, -0.05) is 23.7 Å². The molecule has 2 aromatic rings. The van der Waals surface area contributed by atoms with E-state index >= 15 is 0 Å². The molecule has 162 valence electrons. The number of methoxy groups -OCH3 is 1. The van der Waals surface area contributed by atoms with Crippen molar-refractivity contribution in [1.82, 2.24) is 4.90 Å². The molecule has 1 atom stereocenters. The molecule has 0 bridgehead atoms. The fourth-order valence-corrected chi connectivity index (χ4v) is 4.42. The van der Waals surface area contributed by atoms with Gasteiger partial charge in [0.05, 0.1) is 36.4 Å². The summed E-state index contributed by atoms with van der Waals surface area (Å²) in [5, 5.41) is 11.7.